The third kappa shape index (κ3) is 3.19. The summed E-state index contributed by atoms with van der Waals surface area (Å²) in [5.41, 5.74) is -0.320. The molecule has 1 N–H and O–H groups in total. The molecule has 2 aliphatic rings. The van der Waals surface area contributed by atoms with Gasteiger partial charge < -0.3 is 10.1 Å². The molecule has 0 aliphatic carbocycles. The molecule has 0 bridgehead atoms. The molecule has 29 heavy (non-hydrogen) atoms. The lowest BCUT2D eigenvalue weighted by molar-refractivity contribution is -0.384. The van der Waals surface area contributed by atoms with Crippen molar-refractivity contribution in [3.63, 3.8) is 0 Å². The summed E-state index contributed by atoms with van der Waals surface area (Å²) in [6.07, 6.45) is 0. The lowest BCUT2D eigenvalue weighted by atomic mass is 10.0. The first-order chi connectivity index (χ1) is 13.5. The predicted octanol–water partition coefficient (Wildman–Crippen LogP) is 0.458. The lowest BCUT2D eigenvalue weighted by Crippen LogP contribution is -2.75. The van der Waals surface area contributed by atoms with Crippen LogP contribution >= 0.6 is 15.9 Å². The predicted molar refractivity (Wildman–Crippen MR) is 101 cm³/mol. The quantitative estimate of drug-likeness (QED) is 0.211. The number of hydrogen-bond donors (Lipinski definition) is 1. The topological polar surface area (TPSA) is 153 Å². The van der Waals surface area contributed by atoms with E-state index >= 15 is 0 Å². The third-order valence-electron chi connectivity index (χ3n) is 4.63. The number of methoxy groups -OCH3 is 1. The molecular weight excluding hydrogens is 474 g/mol. The first-order valence-corrected chi connectivity index (χ1v) is 10.6. The van der Waals surface area contributed by atoms with Crippen LogP contribution < -0.4 is 5.32 Å². The van der Waals surface area contributed by atoms with E-state index in [1.54, 1.807) is 0 Å². The Morgan fingerprint density at radius 3 is 2.38 bits per heavy atom. The van der Waals surface area contributed by atoms with Gasteiger partial charge in [0.25, 0.3) is 17.5 Å². The second-order valence-electron chi connectivity index (χ2n) is 6.28. The summed E-state index contributed by atoms with van der Waals surface area (Å²) in [6, 6.07) is 3.16. The number of amides is 2. The van der Waals surface area contributed by atoms with E-state index in [-0.39, 0.29) is 22.5 Å². The van der Waals surface area contributed by atoms with E-state index in [0.717, 1.165) is 24.1 Å². The molecule has 0 saturated carbocycles. The number of fused-ring (bicyclic) bond motifs is 1. The van der Waals surface area contributed by atoms with Crippen LogP contribution in [0.4, 0.5) is 5.69 Å². The number of nitrogens with zero attached hydrogens (tertiary/aromatic N) is 2. The maximum Gasteiger partial charge on any atom is 0.354 e. The van der Waals surface area contributed by atoms with E-state index in [1.807, 2.05) is 0 Å². The molecule has 3 atom stereocenters. The van der Waals surface area contributed by atoms with Gasteiger partial charge in [0.15, 0.2) is 15.2 Å². The second kappa shape index (κ2) is 7.22. The van der Waals surface area contributed by atoms with Gasteiger partial charge in [0.2, 0.25) is 0 Å². The van der Waals surface area contributed by atoms with Crippen LogP contribution in [0.3, 0.4) is 0 Å². The Kier molecular flexibility index (Phi) is 5.21. The Bertz CT molecular complexity index is 1070. The van der Waals surface area contributed by atoms with Gasteiger partial charge in [-0.2, -0.15) is 0 Å². The van der Waals surface area contributed by atoms with E-state index in [4.69, 9.17) is 0 Å². The van der Waals surface area contributed by atoms with E-state index in [0.29, 0.717) is 0 Å². The summed E-state index contributed by atoms with van der Waals surface area (Å²) in [7, 11) is -2.90. The Morgan fingerprint density at radius 1 is 1.28 bits per heavy atom. The molecule has 1 aromatic carbocycles. The number of benzene rings is 1. The van der Waals surface area contributed by atoms with Crippen molar-refractivity contribution in [3.05, 3.63) is 51.2 Å². The van der Waals surface area contributed by atoms with Crippen LogP contribution in [-0.2, 0) is 24.2 Å². The standard InChI is InChI=1S/C16H14BrN3O8S/c1-7-11(16(23)28-2)19-14(22)10(15(19)29(26,27)12(7)17)18-13(21)8-3-5-9(6-4-8)20(24)25/h3-6,10,12,15H,1-2H3,(H,18,21)/t10-,12+,15-/m1/s1. The molecule has 2 aliphatic heterocycles. The number of non-ortho nitro benzene ring substituents is 1. The lowest BCUT2D eigenvalue weighted by Gasteiger charge is -2.50. The number of nitro groups is 1. The van der Waals surface area contributed by atoms with Crippen LogP contribution in [0, 0.1) is 10.1 Å². The van der Waals surface area contributed by atoms with Crippen LogP contribution in [0.15, 0.2) is 35.5 Å². The van der Waals surface area contributed by atoms with Crippen molar-refractivity contribution in [2.45, 2.75) is 22.5 Å². The first kappa shape index (κ1) is 20.9. The van der Waals surface area contributed by atoms with Crippen LogP contribution in [-0.4, -0.2) is 58.7 Å². The molecule has 1 saturated heterocycles. The molecule has 0 spiro atoms. The summed E-state index contributed by atoms with van der Waals surface area (Å²) >= 11 is 3.03. The summed E-state index contributed by atoms with van der Waals surface area (Å²) in [4.78, 5) is 47.9. The smallest absolute Gasteiger partial charge is 0.354 e. The minimum absolute atomic E-state index is 0.00497. The SMILES string of the molecule is COC(=O)C1=C(C)[C@@H](Br)S(=O)(=O)[C@@H]2[C@H](NC(=O)c3ccc([N+](=O)[O-])cc3)C(=O)N12. The molecule has 1 aromatic rings. The average Bonchev–Trinajstić information content (AvgIpc) is 2.69. The second-order valence-corrected chi connectivity index (χ2v) is 9.94. The molecule has 154 valence electrons. The number of esters is 1. The average molecular weight is 488 g/mol. The number of rotatable bonds is 4. The van der Waals surface area contributed by atoms with Crippen LogP contribution in [0.5, 0.6) is 0 Å². The van der Waals surface area contributed by atoms with Gasteiger partial charge in [-0.15, -0.1) is 0 Å². The monoisotopic (exact) mass is 487 g/mol. The van der Waals surface area contributed by atoms with E-state index in [9.17, 15) is 32.9 Å². The van der Waals surface area contributed by atoms with E-state index in [1.165, 1.54) is 19.1 Å². The highest BCUT2D eigenvalue weighted by molar-refractivity contribution is 9.11. The molecule has 0 aromatic heterocycles. The van der Waals surface area contributed by atoms with Gasteiger partial charge in [-0.3, -0.25) is 24.6 Å². The van der Waals surface area contributed by atoms with Crippen molar-refractivity contribution in [3.8, 4) is 0 Å². The fourth-order valence-corrected chi connectivity index (χ4v) is 5.95. The number of carbonyl (C=O) groups is 3. The molecule has 0 radical (unpaired) electrons. The number of nitro benzene ring substituents is 1. The molecule has 13 heteroatoms. The molecule has 11 nitrogen and oxygen atoms in total. The Morgan fingerprint density at radius 2 is 1.86 bits per heavy atom. The molecule has 2 amide bonds. The Balaban J connectivity index is 1.90. The van der Waals surface area contributed by atoms with E-state index in [2.05, 4.69) is 26.0 Å². The summed E-state index contributed by atoms with van der Waals surface area (Å²) in [5, 5.41) is 11.5. The maximum atomic E-state index is 12.8. The van der Waals surface area contributed by atoms with Gasteiger partial charge in [0.1, 0.15) is 15.9 Å². The molecular formula is C16H14BrN3O8S. The highest BCUT2D eigenvalue weighted by Crippen LogP contribution is 2.42. The molecule has 3 rings (SSSR count). The van der Waals surface area contributed by atoms with Gasteiger partial charge >= 0.3 is 5.97 Å². The molecule has 2 heterocycles. The number of ether oxygens (including phenoxy) is 1. The minimum atomic E-state index is -4.00. The fourth-order valence-electron chi connectivity index (χ4n) is 3.15. The zero-order valence-corrected chi connectivity index (χ0v) is 17.4. The number of nitrogens with one attached hydrogen (secondary N) is 1. The minimum Gasteiger partial charge on any atom is -0.464 e. The van der Waals surface area contributed by atoms with Gasteiger partial charge in [0.05, 0.1) is 12.0 Å². The number of hydrogen-bond acceptors (Lipinski definition) is 8. The summed E-state index contributed by atoms with van der Waals surface area (Å²) < 4.78 is 29.0. The zero-order valence-electron chi connectivity index (χ0n) is 15.0. The zero-order chi connectivity index (χ0) is 21.7. The van der Waals surface area contributed by atoms with Crippen molar-refractivity contribution in [2.24, 2.45) is 0 Å². The number of β-lactam (4-membered cyclic amide) rings is 1. The van der Waals surface area contributed by atoms with Crippen LogP contribution in [0.25, 0.3) is 0 Å². The number of alkyl halides is 1. The normalized spacial score (nSPS) is 25.0. The summed E-state index contributed by atoms with van der Waals surface area (Å²) in [5.74, 6) is -2.45. The largest absolute Gasteiger partial charge is 0.464 e. The van der Waals surface area contributed by atoms with Crippen molar-refractivity contribution >= 4 is 49.2 Å². The highest BCUT2D eigenvalue weighted by atomic mass is 79.9. The fraction of sp³-hybridized carbons (Fsp3) is 0.312. The van der Waals surface area contributed by atoms with E-state index < -0.39 is 48.1 Å². The van der Waals surface area contributed by atoms with Gasteiger partial charge in [-0.1, -0.05) is 15.9 Å². The molecule has 1 fully saturated rings. The molecule has 0 unspecified atom stereocenters. The van der Waals surface area contributed by atoms with Crippen molar-refractivity contribution in [1.82, 2.24) is 10.2 Å². The number of carbonyl (C=O) groups excluding carboxylic acids is 3. The highest BCUT2D eigenvalue weighted by Gasteiger charge is 2.62. The van der Waals surface area contributed by atoms with Crippen LogP contribution in [0.1, 0.15) is 17.3 Å². The van der Waals surface area contributed by atoms with Crippen molar-refractivity contribution in [2.75, 3.05) is 7.11 Å². The first-order valence-electron chi connectivity index (χ1n) is 8.06. The number of halogens is 1. The van der Waals surface area contributed by atoms with Crippen molar-refractivity contribution < 1.29 is 32.5 Å². The number of sulfone groups is 1. The third-order valence-corrected chi connectivity index (χ3v) is 8.97. The van der Waals surface area contributed by atoms with Gasteiger partial charge in [-0.05, 0) is 24.6 Å². The summed E-state index contributed by atoms with van der Waals surface area (Å²) in [6.45, 7) is 1.38. The maximum absolute atomic E-state index is 12.8. The Labute approximate surface area is 172 Å². The van der Waals surface area contributed by atoms with Crippen LogP contribution in [0.2, 0.25) is 0 Å². The van der Waals surface area contributed by atoms with Gasteiger partial charge in [-0.25, -0.2) is 13.2 Å². The Hall–Kier alpha value is -2.80. The van der Waals surface area contributed by atoms with Gasteiger partial charge in [0, 0.05) is 17.7 Å². The van der Waals surface area contributed by atoms with Crippen molar-refractivity contribution in [1.29, 1.82) is 0 Å².